The molecule has 27 heavy (non-hydrogen) atoms. The van der Waals surface area contributed by atoms with Gasteiger partial charge >= 0.3 is 0 Å². The first-order valence-electron chi connectivity index (χ1n) is 9.59. The van der Waals surface area contributed by atoms with Gasteiger partial charge in [-0.2, -0.15) is 0 Å². The number of aliphatic hydroxyl groups is 1. The number of aromatic nitrogens is 3. The second-order valence-electron chi connectivity index (χ2n) is 8.12. The zero-order chi connectivity index (χ0) is 18.3. The minimum Gasteiger partial charge on any atom is -0.390 e. The Morgan fingerprint density at radius 3 is 2.67 bits per heavy atom. The summed E-state index contributed by atoms with van der Waals surface area (Å²) in [4.78, 5) is 3.77. The lowest BCUT2D eigenvalue weighted by molar-refractivity contribution is 0.0362. The van der Waals surface area contributed by atoms with E-state index in [1.54, 1.807) is 0 Å². The van der Waals surface area contributed by atoms with Gasteiger partial charge in [-0.1, -0.05) is 35.5 Å². The van der Waals surface area contributed by atoms with Crippen LogP contribution in [0.15, 0.2) is 53.4 Å². The van der Waals surface area contributed by atoms with Gasteiger partial charge in [0, 0.05) is 30.3 Å². The van der Waals surface area contributed by atoms with Crippen molar-refractivity contribution in [3.05, 3.63) is 54.1 Å². The molecule has 3 aromatic rings. The number of fused-ring (bicyclic) bond motifs is 2. The molecule has 1 saturated carbocycles. The van der Waals surface area contributed by atoms with Gasteiger partial charge in [-0.3, -0.25) is 10.00 Å². The number of nitrogens with zero attached hydrogens (tertiary/aromatic N) is 3. The maximum Gasteiger partial charge on any atom is 0.114 e. The van der Waals surface area contributed by atoms with Crippen LogP contribution in [0.2, 0.25) is 0 Å². The predicted octanol–water partition coefficient (Wildman–Crippen LogP) is 3.32. The van der Waals surface area contributed by atoms with Crippen LogP contribution in [0.4, 0.5) is 0 Å². The van der Waals surface area contributed by atoms with Gasteiger partial charge in [-0.15, -0.1) is 16.9 Å². The van der Waals surface area contributed by atoms with Gasteiger partial charge in [0.15, 0.2) is 0 Å². The summed E-state index contributed by atoms with van der Waals surface area (Å²) in [5.74, 6) is 2.24. The Bertz CT molecular complexity index is 914. The number of rotatable bonds is 5. The molecule has 5 rings (SSSR count). The van der Waals surface area contributed by atoms with Crippen LogP contribution >= 0.6 is 11.8 Å². The number of aromatic amines is 1. The summed E-state index contributed by atoms with van der Waals surface area (Å²) in [7, 11) is 0. The molecule has 1 aliphatic carbocycles. The molecular formula is C21H24N4OS. The summed E-state index contributed by atoms with van der Waals surface area (Å²) in [6, 6.07) is 16.7. The molecule has 0 amide bonds. The van der Waals surface area contributed by atoms with Crippen LogP contribution in [-0.4, -0.2) is 50.0 Å². The van der Waals surface area contributed by atoms with Crippen LogP contribution in [0, 0.1) is 11.8 Å². The molecule has 2 heterocycles. The van der Waals surface area contributed by atoms with Crippen LogP contribution in [0.3, 0.4) is 0 Å². The van der Waals surface area contributed by atoms with E-state index in [0.29, 0.717) is 11.8 Å². The molecule has 1 aromatic heterocycles. The molecule has 2 aliphatic rings. The largest absolute Gasteiger partial charge is 0.390 e. The van der Waals surface area contributed by atoms with E-state index in [9.17, 15) is 5.11 Å². The van der Waals surface area contributed by atoms with Crippen molar-refractivity contribution in [1.29, 1.82) is 0 Å². The summed E-state index contributed by atoms with van der Waals surface area (Å²) >= 11 is 1.86. The zero-order valence-electron chi connectivity index (χ0n) is 15.2. The average molecular weight is 381 g/mol. The first kappa shape index (κ1) is 17.2. The van der Waals surface area contributed by atoms with E-state index in [0.717, 1.165) is 49.3 Å². The first-order valence-corrected chi connectivity index (χ1v) is 10.6. The van der Waals surface area contributed by atoms with Crippen LogP contribution in [0.1, 0.15) is 18.4 Å². The van der Waals surface area contributed by atoms with Crippen LogP contribution < -0.4 is 0 Å². The molecule has 2 N–H and O–H groups in total. The third-order valence-corrected chi connectivity index (χ3v) is 7.11. The lowest BCUT2D eigenvalue weighted by Crippen LogP contribution is -2.32. The molecule has 140 valence electrons. The highest BCUT2D eigenvalue weighted by atomic mass is 32.2. The molecule has 3 atom stereocenters. The van der Waals surface area contributed by atoms with Crippen molar-refractivity contribution in [2.45, 2.75) is 29.8 Å². The highest BCUT2D eigenvalue weighted by Gasteiger charge is 2.47. The lowest BCUT2D eigenvalue weighted by Gasteiger charge is -2.26. The van der Waals surface area contributed by atoms with E-state index in [4.69, 9.17) is 0 Å². The average Bonchev–Trinajstić information content (AvgIpc) is 3.33. The summed E-state index contributed by atoms with van der Waals surface area (Å²) in [5, 5.41) is 21.9. The molecule has 0 radical (unpaired) electrons. The minimum absolute atomic E-state index is 0.520. The van der Waals surface area contributed by atoms with Gasteiger partial charge in [0.2, 0.25) is 0 Å². The Kier molecular flexibility index (Phi) is 4.42. The molecule has 0 spiro atoms. The molecule has 2 aromatic carbocycles. The van der Waals surface area contributed by atoms with Gasteiger partial charge in [-0.05, 0) is 48.4 Å². The Morgan fingerprint density at radius 2 is 1.89 bits per heavy atom. The highest BCUT2D eigenvalue weighted by Crippen LogP contribution is 2.45. The van der Waals surface area contributed by atoms with Crippen LogP contribution in [0.5, 0.6) is 0 Å². The van der Waals surface area contributed by atoms with Crippen molar-refractivity contribution >= 4 is 22.8 Å². The van der Waals surface area contributed by atoms with Crippen molar-refractivity contribution in [1.82, 2.24) is 20.3 Å². The number of hydrogen-bond donors (Lipinski definition) is 2. The van der Waals surface area contributed by atoms with Gasteiger partial charge in [0.1, 0.15) is 5.52 Å². The molecule has 0 unspecified atom stereocenters. The van der Waals surface area contributed by atoms with Crippen LogP contribution in [-0.2, 0) is 6.42 Å². The van der Waals surface area contributed by atoms with E-state index < -0.39 is 5.60 Å². The number of H-pyrrole nitrogens is 1. The monoisotopic (exact) mass is 380 g/mol. The number of thioether (sulfide) groups is 1. The second kappa shape index (κ2) is 6.93. The molecule has 2 fully saturated rings. The second-order valence-corrected chi connectivity index (χ2v) is 9.13. The summed E-state index contributed by atoms with van der Waals surface area (Å²) < 4.78 is 0. The van der Waals surface area contributed by atoms with E-state index in [-0.39, 0.29) is 0 Å². The van der Waals surface area contributed by atoms with Crippen molar-refractivity contribution in [2.75, 3.05) is 19.0 Å². The van der Waals surface area contributed by atoms with Crippen LogP contribution in [0.25, 0.3) is 11.0 Å². The van der Waals surface area contributed by atoms with Crippen molar-refractivity contribution in [2.24, 2.45) is 11.8 Å². The van der Waals surface area contributed by atoms with Gasteiger partial charge < -0.3 is 5.11 Å². The third kappa shape index (κ3) is 3.61. The van der Waals surface area contributed by atoms with E-state index in [2.05, 4.69) is 56.7 Å². The minimum atomic E-state index is -0.520. The van der Waals surface area contributed by atoms with Gasteiger partial charge in [0.25, 0.3) is 0 Å². The third-order valence-electron chi connectivity index (χ3n) is 6.02. The molecule has 0 bridgehead atoms. The quantitative estimate of drug-likeness (QED) is 0.665. The molecule has 1 aliphatic heterocycles. The zero-order valence-corrected chi connectivity index (χ0v) is 16.0. The van der Waals surface area contributed by atoms with Crippen molar-refractivity contribution in [3.63, 3.8) is 0 Å². The number of likely N-dealkylation sites (tertiary alicyclic amines) is 1. The fourth-order valence-corrected chi connectivity index (χ4v) is 5.76. The van der Waals surface area contributed by atoms with Gasteiger partial charge in [0.05, 0.1) is 11.1 Å². The molecule has 6 heteroatoms. The smallest absolute Gasteiger partial charge is 0.114 e. The fourth-order valence-electron chi connectivity index (χ4n) is 4.86. The highest BCUT2D eigenvalue weighted by molar-refractivity contribution is 7.99. The predicted molar refractivity (Wildman–Crippen MR) is 107 cm³/mol. The molecule has 5 nitrogen and oxygen atoms in total. The SMILES string of the molecule is O[C@@]1(Cc2ccccc2)C[C@H]2CN(CSc3ccc4[nH]nnc4c3)C[C@H]2C1. The Morgan fingerprint density at radius 1 is 1.11 bits per heavy atom. The summed E-state index contributed by atoms with van der Waals surface area (Å²) in [5.41, 5.74) is 2.63. The first-order chi connectivity index (χ1) is 13.2. The van der Waals surface area contributed by atoms with E-state index in [1.165, 1.54) is 10.5 Å². The Labute approximate surface area is 163 Å². The molecular weight excluding hydrogens is 356 g/mol. The molecule has 1 saturated heterocycles. The van der Waals surface area contributed by atoms with Crippen molar-refractivity contribution in [3.8, 4) is 0 Å². The maximum absolute atomic E-state index is 11.1. The fraction of sp³-hybridized carbons (Fsp3) is 0.429. The van der Waals surface area contributed by atoms with Crippen molar-refractivity contribution < 1.29 is 5.11 Å². The normalized spacial score (nSPS) is 28.0. The Balaban J connectivity index is 1.16. The number of nitrogens with one attached hydrogen (secondary N) is 1. The lowest BCUT2D eigenvalue weighted by atomic mass is 9.91. The summed E-state index contributed by atoms with van der Waals surface area (Å²) in [6.45, 7) is 2.20. The Hall–Kier alpha value is -1.89. The van der Waals surface area contributed by atoms with E-state index in [1.807, 2.05) is 23.9 Å². The topological polar surface area (TPSA) is 65.0 Å². The number of hydrogen-bond acceptors (Lipinski definition) is 5. The maximum atomic E-state index is 11.1. The number of benzene rings is 2. The van der Waals surface area contributed by atoms with Gasteiger partial charge in [-0.25, -0.2) is 0 Å². The summed E-state index contributed by atoms with van der Waals surface area (Å²) in [6.07, 6.45) is 2.64. The standard InChI is InChI=1S/C21H24N4OS/c26-21(9-15-4-2-1-3-5-15)10-16-12-25(13-17(16)11-21)14-27-18-6-7-19-20(8-18)23-24-22-19/h1-8,16-17,26H,9-14H2,(H,22,23,24)/t16-,17+,21-. The van der Waals surface area contributed by atoms with E-state index >= 15 is 0 Å².